The van der Waals surface area contributed by atoms with Gasteiger partial charge in [-0.2, -0.15) is 0 Å². The van der Waals surface area contributed by atoms with Crippen LogP contribution in [-0.2, 0) is 4.79 Å². The fraction of sp³-hybridized carbons (Fsp3) is 0.933. The number of piperidine rings is 2. The lowest BCUT2D eigenvalue weighted by atomic mass is 9.90. The summed E-state index contributed by atoms with van der Waals surface area (Å²) < 4.78 is 0. The zero-order valence-corrected chi connectivity index (χ0v) is 12.7. The van der Waals surface area contributed by atoms with Gasteiger partial charge in [0.1, 0.15) is 0 Å². The van der Waals surface area contributed by atoms with Gasteiger partial charge in [-0.1, -0.05) is 6.92 Å². The summed E-state index contributed by atoms with van der Waals surface area (Å²) in [6.07, 6.45) is 5.52. The predicted molar refractivity (Wildman–Crippen MR) is 78.1 cm³/mol. The maximum Gasteiger partial charge on any atom is 0.224 e. The van der Waals surface area contributed by atoms with Gasteiger partial charge in [-0.05, 0) is 51.7 Å². The summed E-state index contributed by atoms with van der Waals surface area (Å²) in [6.45, 7) is 5.52. The molecule has 0 spiro atoms. The Kier molecular flexibility index (Phi) is 5.22. The van der Waals surface area contributed by atoms with Gasteiger partial charge < -0.3 is 15.1 Å². The van der Waals surface area contributed by atoms with Crippen molar-refractivity contribution in [2.75, 3.05) is 33.7 Å². The fourth-order valence-electron chi connectivity index (χ4n) is 3.38. The molecular formula is C15H29N3O. The van der Waals surface area contributed by atoms with Gasteiger partial charge in [0, 0.05) is 32.1 Å². The van der Waals surface area contributed by atoms with Crippen molar-refractivity contribution in [3.8, 4) is 0 Å². The average Bonchev–Trinajstić information content (AvgIpc) is 2.40. The molecule has 4 heteroatoms. The Hall–Kier alpha value is -0.610. The van der Waals surface area contributed by atoms with Crippen molar-refractivity contribution in [1.82, 2.24) is 15.1 Å². The van der Waals surface area contributed by atoms with Crippen LogP contribution in [0.2, 0.25) is 0 Å². The molecule has 0 aromatic carbocycles. The summed E-state index contributed by atoms with van der Waals surface area (Å²) in [4.78, 5) is 16.8. The third-order valence-electron chi connectivity index (χ3n) is 4.86. The first-order valence-electron chi connectivity index (χ1n) is 7.75. The van der Waals surface area contributed by atoms with Gasteiger partial charge in [0.2, 0.25) is 5.91 Å². The van der Waals surface area contributed by atoms with Crippen molar-refractivity contribution >= 4 is 5.91 Å². The van der Waals surface area contributed by atoms with E-state index < -0.39 is 0 Å². The highest BCUT2D eigenvalue weighted by Gasteiger charge is 2.28. The summed E-state index contributed by atoms with van der Waals surface area (Å²) in [5.41, 5.74) is 0. The number of hydrogen-bond acceptors (Lipinski definition) is 3. The molecule has 2 aliphatic rings. The largest absolute Gasteiger partial charge is 0.341 e. The molecule has 2 aliphatic heterocycles. The van der Waals surface area contributed by atoms with Crippen LogP contribution in [0.25, 0.3) is 0 Å². The van der Waals surface area contributed by atoms with E-state index in [4.69, 9.17) is 0 Å². The van der Waals surface area contributed by atoms with Crippen molar-refractivity contribution in [2.24, 2.45) is 5.92 Å². The number of amides is 1. The second-order valence-electron chi connectivity index (χ2n) is 6.45. The molecule has 110 valence electrons. The van der Waals surface area contributed by atoms with E-state index in [1.165, 1.54) is 25.8 Å². The molecule has 0 radical (unpaired) electrons. The van der Waals surface area contributed by atoms with Crippen LogP contribution in [0, 0.1) is 5.92 Å². The van der Waals surface area contributed by atoms with Crippen molar-refractivity contribution in [3.05, 3.63) is 0 Å². The lowest BCUT2D eigenvalue weighted by molar-refractivity contribution is -0.133. The summed E-state index contributed by atoms with van der Waals surface area (Å²) in [5, 5.41) is 3.51. The second kappa shape index (κ2) is 6.71. The van der Waals surface area contributed by atoms with E-state index in [1.807, 2.05) is 11.9 Å². The first kappa shape index (κ1) is 14.8. The van der Waals surface area contributed by atoms with E-state index >= 15 is 0 Å². The second-order valence-corrected chi connectivity index (χ2v) is 6.45. The summed E-state index contributed by atoms with van der Waals surface area (Å²) in [6, 6.07) is 0.787. The molecule has 2 fully saturated rings. The number of rotatable bonds is 3. The van der Waals surface area contributed by atoms with Crippen LogP contribution in [0.1, 0.15) is 39.0 Å². The molecular weight excluding hydrogens is 238 g/mol. The Morgan fingerprint density at radius 1 is 1.37 bits per heavy atom. The normalized spacial score (nSPS) is 33.1. The van der Waals surface area contributed by atoms with Crippen molar-refractivity contribution < 1.29 is 4.79 Å². The van der Waals surface area contributed by atoms with Gasteiger partial charge in [-0.15, -0.1) is 0 Å². The highest BCUT2D eigenvalue weighted by atomic mass is 16.2. The van der Waals surface area contributed by atoms with E-state index in [0.29, 0.717) is 30.3 Å². The molecule has 0 aromatic rings. The summed E-state index contributed by atoms with van der Waals surface area (Å²) >= 11 is 0. The third kappa shape index (κ3) is 3.93. The van der Waals surface area contributed by atoms with Crippen LogP contribution in [0.15, 0.2) is 0 Å². The fourth-order valence-corrected chi connectivity index (χ4v) is 3.38. The number of nitrogens with zero attached hydrogens (tertiary/aromatic N) is 2. The Balaban J connectivity index is 1.84. The number of hydrogen-bond donors (Lipinski definition) is 1. The third-order valence-corrected chi connectivity index (χ3v) is 4.86. The minimum atomic E-state index is 0.312. The molecule has 0 bridgehead atoms. The number of nitrogens with one attached hydrogen (secondary N) is 1. The van der Waals surface area contributed by atoms with Crippen molar-refractivity contribution in [2.45, 2.75) is 51.1 Å². The highest BCUT2D eigenvalue weighted by Crippen LogP contribution is 2.20. The van der Waals surface area contributed by atoms with Gasteiger partial charge in [0.15, 0.2) is 0 Å². The first-order chi connectivity index (χ1) is 9.08. The minimum absolute atomic E-state index is 0.312. The molecule has 0 aromatic heterocycles. The average molecular weight is 267 g/mol. The maximum atomic E-state index is 12.4. The maximum absolute atomic E-state index is 12.4. The minimum Gasteiger partial charge on any atom is -0.341 e. The van der Waals surface area contributed by atoms with Crippen LogP contribution in [0.4, 0.5) is 0 Å². The SMILES string of the molecule is CC1CCCNC1CC(=O)N(C)C1CCCN(C)C1. The van der Waals surface area contributed by atoms with Crippen LogP contribution in [0.5, 0.6) is 0 Å². The lowest BCUT2D eigenvalue weighted by Crippen LogP contribution is -2.50. The molecule has 0 aliphatic carbocycles. The Morgan fingerprint density at radius 3 is 2.84 bits per heavy atom. The van der Waals surface area contributed by atoms with Crippen molar-refractivity contribution in [3.63, 3.8) is 0 Å². The van der Waals surface area contributed by atoms with Gasteiger partial charge in [-0.25, -0.2) is 0 Å². The molecule has 1 amide bonds. The molecule has 19 heavy (non-hydrogen) atoms. The van der Waals surface area contributed by atoms with E-state index in [2.05, 4.69) is 24.2 Å². The first-order valence-corrected chi connectivity index (χ1v) is 7.75. The Bertz CT molecular complexity index is 308. The molecule has 3 atom stereocenters. The number of likely N-dealkylation sites (N-methyl/N-ethyl adjacent to an activating group) is 2. The lowest BCUT2D eigenvalue weighted by Gasteiger charge is -2.37. The molecule has 2 saturated heterocycles. The van der Waals surface area contributed by atoms with E-state index in [1.54, 1.807) is 0 Å². The van der Waals surface area contributed by atoms with Crippen LogP contribution in [0.3, 0.4) is 0 Å². The Labute approximate surface area is 117 Å². The van der Waals surface area contributed by atoms with Gasteiger partial charge in [0.25, 0.3) is 0 Å². The number of carbonyl (C=O) groups is 1. The molecule has 2 heterocycles. The predicted octanol–water partition coefficient (Wildman–Crippen LogP) is 1.32. The summed E-state index contributed by atoms with van der Waals surface area (Å²) in [7, 11) is 4.13. The molecule has 1 N–H and O–H groups in total. The number of likely N-dealkylation sites (tertiary alicyclic amines) is 1. The molecule has 0 saturated carbocycles. The molecule has 3 unspecified atom stereocenters. The van der Waals surface area contributed by atoms with Crippen LogP contribution < -0.4 is 5.32 Å². The molecule has 2 rings (SSSR count). The van der Waals surface area contributed by atoms with Gasteiger partial charge >= 0.3 is 0 Å². The number of carbonyl (C=O) groups excluding carboxylic acids is 1. The van der Waals surface area contributed by atoms with Crippen LogP contribution >= 0.6 is 0 Å². The monoisotopic (exact) mass is 267 g/mol. The summed E-state index contributed by atoms with van der Waals surface area (Å²) in [5.74, 6) is 0.937. The zero-order valence-electron chi connectivity index (χ0n) is 12.7. The molecule has 4 nitrogen and oxygen atoms in total. The van der Waals surface area contributed by atoms with E-state index in [9.17, 15) is 4.79 Å². The zero-order chi connectivity index (χ0) is 13.8. The van der Waals surface area contributed by atoms with E-state index in [0.717, 1.165) is 19.5 Å². The van der Waals surface area contributed by atoms with Crippen molar-refractivity contribution in [1.29, 1.82) is 0 Å². The smallest absolute Gasteiger partial charge is 0.224 e. The highest BCUT2D eigenvalue weighted by molar-refractivity contribution is 5.77. The Morgan fingerprint density at radius 2 is 2.16 bits per heavy atom. The quantitative estimate of drug-likeness (QED) is 0.837. The van der Waals surface area contributed by atoms with Gasteiger partial charge in [-0.3, -0.25) is 4.79 Å². The van der Waals surface area contributed by atoms with Gasteiger partial charge in [0.05, 0.1) is 0 Å². The topological polar surface area (TPSA) is 35.6 Å². The standard InChI is InChI=1S/C15H29N3O/c1-12-6-4-8-16-14(12)10-15(19)18(3)13-7-5-9-17(2)11-13/h12-14,16H,4-11H2,1-3H3. The van der Waals surface area contributed by atoms with E-state index in [-0.39, 0.29) is 0 Å². The van der Waals surface area contributed by atoms with Crippen LogP contribution in [-0.4, -0.2) is 61.5 Å².